The third kappa shape index (κ3) is 3.04. The fourth-order valence-electron chi connectivity index (χ4n) is 2.44. The quantitative estimate of drug-likeness (QED) is 0.697. The van der Waals surface area contributed by atoms with Gasteiger partial charge in [-0.2, -0.15) is 9.50 Å². The lowest BCUT2D eigenvalue weighted by Crippen LogP contribution is -2.16. The Kier molecular flexibility index (Phi) is 4.48. The average molecular weight is 359 g/mol. The Balaban J connectivity index is 1.95. The van der Waals surface area contributed by atoms with Crippen LogP contribution in [0.3, 0.4) is 0 Å². The number of hydrogen-bond acceptors (Lipinski definition) is 7. The SMILES string of the molecule is COc1cc(C(=O)Nc2nc3nc(C)cc(=O)n3[nH]2)cc(OC)c1OC. The van der Waals surface area contributed by atoms with Gasteiger partial charge in [0.25, 0.3) is 17.2 Å². The fraction of sp³-hybridized carbons (Fsp3) is 0.250. The number of rotatable bonds is 5. The molecule has 0 unspecified atom stereocenters. The number of aryl methyl sites for hydroxylation is 1. The average Bonchev–Trinajstić information content (AvgIpc) is 3.02. The van der Waals surface area contributed by atoms with E-state index in [1.807, 2.05) is 0 Å². The molecule has 2 N–H and O–H groups in total. The molecule has 0 aliphatic carbocycles. The first-order chi connectivity index (χ1) is 12.5. The molecule has 0 radical (unpaired) electrons. The van der Waals surface area contributed by atoms with Gasteiger partial charge in [0, 0.05) is 17.3 Å². The van der Waals surface area contributed by atoms with Crippen LogP contribution < -0.4 is 25.1 Å². The molecule has 0 saturated heterocycles. The zero-order valence-corrected chi connectivity index (χ0v) is 14.6. The molecule has 2 aromatic heterocycles. The van der Waals surface area contributed by atoms with Gasteiger partial charge in [-0.05, 0) is 19.1 Å². The molecule has 0 atom stereocenters. The maximum absolute atomic E-state index is 12.5. The number of fused-ring (bicyclic) bond motifs is 1. The minimum absolute atomic E-state index is 0.0824. The minimum Gasteiger partial charge on any atom is -0.493 e. The first kappa shape index (κ1) is 17.3. The Labute approximate surface area is 147 Å². The molecule has 0 fully saturated rings. The van der Waals surface area contributed by atoms with Crippen molar-refractivity contribution in [2.45, 2.75) is 6.92 Å². The number of aromatic amines is 1. The summed E-state index contributed by atoms with van der Waals surface area (Å²) in [5, 5.41) is 5.26. The normalized spacial score (nSPS) is 10.6. The molecule has 0 spiro atoms. The molecule has 0 saturated carbocycles. The Bertz CT molecular complexity index is 1010. The lowest BCUT2D eigenvalue weighted by atomic mass is 10.1. The van der Waals surface area contributed by atoms with Crippen molar-refractivity contribution >= 4 is 17.6 Å². The summed E-state index contributed by atoms with van der Waals surface area (Å²) in [5.41, 5.74) is 0.466. The number of ether oxygens (including phenoxy) is 3. The fourth-order valence-corrected chi connectivity index (χ4v) is 2.44. The lowest BCUT2D eigenvalue weighted by Gasteiger charge is -2.13. The van der Waals surface area contributed by atoms with Crippen molar-refractivity contribution in [2.75, 3.05) is 26.6 Å². The van der Waals surface area contributed by atoms with E-state index in [0.29, 0.717) is 22.9 Å². The van der Waals surface area contributed by atoms with Gasteiger partial charge in [0.15, 0.2) is 11.5 Å². The van der Waals surface area contributed by atoms with Crippen molar-refractivity contribution in [1.29, 1.82) is 0 Å². The van der Waals surface area contributed by atoms with Crippen LogP contribution in [0, 0.1) is 6.92 Å². The highest BCUT2D eigenvalue weighted by molar-refractivity contribution is 6.04. The van der Waals surface area contributed by atoms with Crippen molar-refractivity contribution < 1.29 is 19.0 Å². The second kappa shape index (κ2) is 6.75. The van der Waals surface area contributed by atoms with Gasteiger partial charge >= 0.3 is 0 Å². The number of carbonyl (C=O) groups excluding carboxylic acids is 1. The van der Waals surface area contributed by atoms with Gasteiger partial charge in [0.2, 0.25) is 11.7 Å². The molecule has 1 aromatic carbocycles. The third-order valence-electron chi connectivity index (χ3n) is 3.62. The van der Waals surface area contributed by atoms with Crippen molar-refractivity contribution in [3.63, 3.8) is 0 Å². The second-order valence-electron chi connectivity index (χ2n) is 5.31. The minimum atomic E-state index is -0.479. The van der Waals surface area contributed by atoms with E-state index in [4.69, 9.17) is 14.2 Å². The summed E-state index contributed by atoms with van der Waals surface area (Å²) in [6, 6.07) is 4.37. The summed E-state index contributed by atoms with van der Waals surface area (Å²) in [6.45, 7) is 1.68. The highest BCUT2D eigenvalue weighted by Gasteiger charge is 2.18. The summed E-state index contributed by atoms with van der Waals surface area (Å²) in [7, 11) is 4.39. The molecular formula is C16H17N5O5. The van der Waals surface area contributed by atoms with Crippen LogP contribution in [0.25, 0.3) is 5.78 Å². The standard InChI is InChI=1S/C16H17N5O5/c1-8-5-12(22)21-16(17-8)19-15(20-21)18-14(23)9-6-10(24-2)13(26-4)11(7-9)25-3/h5-7H,1-4H3,(H2,17,18,19,20,23). The van der Waals surface area contributed by atoms with Gasteiger partial charge in [0.1, 0.15) is 0 Å². The number of hydrogen-bond donors (Lipinski definition) is 2. The number of nitrogens with one attached hydrogen (secondary N) is 2. The Morgan fingerprint density at radius 3 is 2.31 bits per heavy atom. The molecule has 2 heterocycles. The third-order valence-corrected chi connectivity index (χ3v) is 3.62. The van der Waals surface area contributed by atoms with Crippen LogP contribution in [-0.2, 0) is 0 Å². The largest absolute Gasteiger partial charge is 0.493 e. The highest BCUT2D eigenvalue weighted by Crippen LogP contribution is 2.38. The highest BCUT2D eigenvalue weighted by atomic mass is 16.5. The van der Waals surface area contributed by atoms with Crippen LogP contribution >= 0.6 is 0 Å². The topological polar surface area (TPSA) is 120 Å². The van der Waals surface area contributed by atoms with Gasteiger partial charge in [-0.3, -0.25) is 20.0 Å². The Morgan fingerprint density at radius 1 is 1.08 bits per heavy atom. The molecule has 0 aliphatic heterocycles. The molecule has 136 valence electrons. The number of anilines is 1. The van der Waals surface area contributed by atoms with E-state index in [1.54, 1.807) is 6.92 Å². The number of carbonyl (C=O) groups is 1. The maximum Gasteiger partial charge on any atom is 0.274 e. The van der Waals surface area contributed by atoms with E-state index < -0.39 is 5.91 Å². The van der Waals surface area contributed by atoms with Gasteiger partial charge in [0.05, 0.1) is 21.3 Å². The summed E-state index contributed by atoms with van der Waals surface area (Å²) >= 11 is 0. The molecule has 3 rings (SSSR count). The van der Waals surface area contributed by atoms with E-state index in [0.717, 1.165) is 4.52 Å². The van der Waals surface area contributed by atoms with E-state index in [2.05, 4.69) is 20.4 Å². The molecule has 0 bridgehead atoms. The zero-order chi connectivity index (χ0) is 18.8. The monoisotopic (exact) mass is 359 g/mol. The number of benzene rings is 1. The van der Waals surface area contributed by atoms with E-state index in [9.17, 15) is 9.59 Å². The molecule has 10 heteroatoms. The Morgan fingerprint density at radius 2 is 1.73 bits per heavy atom. The van der Waals surface area contributed by atoms with Gasteiger partial charge < -0.3 is 14.2 Å². The predicted molar refractivity (Wildman–Crippen MR) is 92.4 cm³/mol. The van der Waals surface area contributed by atoms with E-state index in [-0.39, 0.29) is 22.8 Å². The summed E-state index contributed by atoms with van der Waals surface area (Å²) in [6.07, 6.45) is 0. The zero-order valence-electron chi connectivity index (χ0n) is 14.6. The molecule has 1 amide bonds. The molecule has 0 aliphatic rings. The number of aromatic nitrogens is 4. The van der Waals surface area contributed by atoms with Gasteiger partial charge in [-0.15, -0.1) is 0 Å². The van der Waals surface area contributed by atoms with Crippen LogP contribution in [0.15, 0.2) is 23.0 Å². The van der Waals surface area contributed by atoms with Crippen molar-refractivity contribution in [2.24, 2.45) is 0 Å². The lowest BCUT2D eigenvalue weighted by molar-refractivity contribution is 0.102. The van der Waals surface area contributed by atoms with Crippen molar-refractivity contribution in [3.8, 4) is 17.2 Å². The first-order valence-corrected chi connectivity index (χ1v) is 7.54. The van der Waals surface area contributed by atoms with Crippen LogP contribution in [0.5, 0.6) is 17.2 Å². The van der Waals surface area contributed by atoms with Crippen molar-refractivity contribution in [3.05, 3.63) is 39.8 Å². The summed E-state index contributed by atoms with van der Waals surface area (Å²) in [4.78, 5) is 32.7. The smallest absolute Gasteiger partial charge is 0.274 e. The van der Waals surface area contributed by atoms with E-state index >= 15 is 0 Å². The van der Waals surface area contributed by atoms with Crippen LogP contribution in [-0.4, -0.2) is 46.8 Å². The van der Waals surface area contributed by atoms with Gasteiger partial charge in [-0.25, -0.2) is 4.98 Å². The predicted octanol–water partition coefficient (Wildman–Crippen LogP) is 1.00. The summed E-state index contributed by atoms with van der Waals surface area (Å²) < 4.78 is 16.8. The number of H-pyrrole nitrogens is 1. The second-order valence-corrected chi connectivity index (χ2v) is 5.31. The molecule has 3 aromatic rings. The number of methoxy groups -OCH3 is 3. The first-order valence-electron chi connectivity index (χ1n) is 7.54. The molecule has 26 heavy (non-hydrogen) atoms. The van der Waals surface area contributed by atoms with Crippen molar-refractivity contribution in [1.82, 2.24) is 19.6 Å². The Hall–Kier alpha value is -3.56. The van der Waals surface area contributed by atoms with Crippen LogP contribution in [0.1, 0.15) is 16.1 Å². The number of nitrogens with zero attached hydrogens (tertiary/aromatic N) is 3. The molecule has 10 nitrogen and oxygen atoms in total. The molecular weight excluding hydrogens is 342 g/mol. The number of amides is 1. The van der Waals surface area contributed by atoms with Crippen LogP contribution in [0.4, 0.5) is 5.95 Å². The van der Waals surface area contributed by atoms with Gasteiger partial charge in [-0.1, -0.05) is 0 Å². The van der Waals surface area contributed by atoms with Crippen LogP contribution in [0.2, 0.25) is 0 Å². The van der Waals surface area contributed by atoms with E-state index in [1.165, 1.54) is 39.5 Å². The summed E-state index contributed by atoms with van der Waals surface area (Å²) in [5.74, 6) is 0.828. The maximum atomic E-state index is 12.5.